The molecule has 0 aliphatic heterocycles. The summed E-state index contributed by atoms with van der Waals surface area (Å²) in [6.07, 6.45) is 8.57. The Labute approximate surface area is 139 Å². The Morgan fingerprint density at radius 2 is 1.95 bits per heavy atom. The van der Waals surface area contributed by atoms with Crippen molar-refractivity contribution >= 4 is 23.0 Å². The number of aliphatic imine (C=N–C) groups is 1. The lowest BCUT2D eigenvalue weighted by atomic mass is 10.1. The van der Waals surface area contributed by atoms with Gasteiger partial charge in [-0.05, 0) is 31.2 Å². The summed E-state index contributed by atoms with van der Waals surface area (Å²) in [7, 11) is 0. The first-order valence-electron chi connectivity index (χ1n) is 8.54. The van der Waals surface area contributed by atoms with E-state index in [1.165, 1.54) is 43.4 Å². The van der Waals surface area contributed by atoms with Crippen LogP contribution in [-0.4, -0.2) is 24.2 Å². The van der Waals surface area contributed by atoms with Crippen molar-refractivity contribution in [2.45, 2.75) is 71.8 Å². The minimum Gasteiger partial charge on any atom is -0.343 e. The highest BCUT2D eigenvalue weighted by Crippen LogP contribution is 2.09. The summed E-state index contributed by atoms with van der Waals surface area (Å²) in [5.41, 5.74) is 1.04. The van der Waals surface area contributed by atoms with Gasteiger partial charge in [0.2, 0.25) is 0 Å². The van der Waals surface area contributed by atoms with Crippen LogP contribution in [0.1, 0.15) is 75.4 Å². The Morgan fingerprint density at radius 1 is 1.23 bits per heavy atom. The van der Waals surface area contributed by atoms with E-state index in [1.807, 2.05) is 24.4 Å². The van der Waals surface area contributed by atoms with Gasteiger partial charge in [0.15, 0.2) is 0 Å². The molecule has 124 valence electrons. The summed E-state index contributed by atoms with van der Waals surface area (Å²) in [4.78, 5) is 17.5. The lowest BCUT2D eigenvalue weighted by molar-refractivity contribution is 0.0950. The van der Waals surface area contributed by atoms with E-state index in [9.17, 15) is 4.79 Å². The zero-order valence-corrected chi connectivity index (χ0v) is 15.0. The SMILES string of the molecule is CCCCCCCCN=C(C)C(CC)NC(=O)c1cccs1. The molecular weight excluding hydrogens is 292 g/mol. The molecule has 0 saturated heterocycles. The van der Waals surface area contributed by atoms with Gasteiger partial charge >= 0.3 is 0 Å². The molecule has 0 saturated carbocycles. The quantitative estimate of drug-likeness (QED) is 0.448. The average molecular weight is 323 g/mol. The Bertz CT molecular complexity index is 440. The molecule has 3 nitrogen and oxygen atoms in total. The van der Waals surface area contributed by atoms with Crippen molar-refractivity contribution in [2.75, 3.05) is 6.54 Å². The van der Waals surface area contributed by atoms with Gasteiger partial charge in [-0.25, -0.2) is 0 Å². The van der Waals surface area contributed by atoms with Crippen molar-refractivity contribution < 1.29 is 4.79 Å². The third kappa shape index (κ3) is 7.21. The molecule has 1 unspecified atom stereocenters. The Hall–Kier alpha value is -1.16. The van der Waals surface area contributed by atoms with E-state index in [4.69, 9.17) is 0 Å². The summed E-state index contributed by atoms with van der Waals surface area (Å²) >= 11 is 1.47. The van der Waals surface area contributed by atoms with Gasteiger partial charge < -0.3 is 5.32 Å². The highest BCUT2D eigenvalue weighted by molar-refractivity contribution is 7.12. The largest absolute Gasteiger partial charge is 0.343 e. The van der Waals surface area contributed by atoms with Crippen LogP contribution in [0, 0.1) is 0 Å². The molecule has 0 aromatic carbocycles. The molecule has 1 atom stereocenters. The van der Waals surface area contributed by atoms with Gasteiger partial charge in [-0.1, -0.05) is 52.0 Å². The second kappa shape index (κ2) is 11.4. The highest BCUT2D eigenvalue weighted by atomic mass is 32.1. The maximum absolute atomic E-state index is 12.1. The van der Waals surface area contributed by atoms with Gasteiger partial charge in [-0.3, -0.25) is 9.79 Å². The monoisotopic (exact) mass is 322 g/mol. The molecule has 0 aliphatic carbocycles. The first-order valence-corrected chi connectivity index (χ1v) is 9.42. The number of carbonyl (C=O) groups is 1. The van der Waals surface area contributed by atoms with Crippen LogP contribution < -0.4 is 5.32 Å². The van der Waals surface area contributed by atoms with Crippen LogP contribution in [0.15, 0.2) is 22.5 Å². The molecule has 1 aromatic rings. The molecule has 1 amide bonds. The van der Waals surface area contributed by atoms with Gasteiger partial charge in [0, 0.05) is 12.3 Å². The van der Waals surface area contributed by atoms with Crippen molar-refractivity contribution in [3.63, 3.8) is 0 Å². The maximum Gasteiger partial charge on any atom is 0.261 e. The van der Waals surface area contributed by atoms with E-state index < -0.39 is 0 Å². The van der Waals surface area contributed by atoms with Gasteiger partial charge in [0.25, 0.3) is 5.91 Å². The Balaban J connectivity index is 2.32. The number of thiophene rings is 1. The number of hydrogen-bond donors (Lipinski definition) is 1. The fraction of sp³-hybridized carbons (Fsp3) is 0.667. The van der Waals surface area contributed by atoms with Gasteiger partial charge in [-0.2, -0.15) is 0 Å². The third-order valence-corrected chi connectivity index (χ3v) is 4.70. The lowest BCUT2D eigenvalue weighted by Gasteiger charge is -2.16. The average Bonchev–Trinajstić information content (AvgIpc) is 3.05. The van der Waals surface area contributed by atoms with Crippen LogP contribution in [0.3, 0.4) is 0 Å². The van der Waals surface area contributed by atoms with Crippen molar-refractivity contribution in [1.29, 1.82) is 0 Å². The second-order valence-electron chi connectivity index (χ2n) is 5.70. The molecule has 0 fully saturated rings. The fourth-order valence-corrected chi connectivity index (χ4v) is 3.02. The Morgan fingerprint density at radius 3 is 2.59 bits per heavy atom. The summed E-state index contributed by atoms with van der Waals surface area (Å²) in [5, 5.41) is 5.00. The van der Waals surface area contributed by atoms with E-state index in [0.29, 0.717) is 0 Å². The standard InChI is InChI=1S/C18H30N2OS/c1-4-6-7-8-9-10-13-19-15(3)16(5-2)20-18(21)17-12-11-14-22-17/h11-12,14,16H,4-10,13H2,1-3H3,(H,20,21). The molecule has 0 aliphatic rings. The van der Waals surface area contributed by atoms with Crippen LogP contribution in [0.4, 0.5) is 0 Å². The normalized spacial score (nSPS) is 13.1. The van der Waals surface area contributed by atoms with Crippen LogP contribution >= 0.6 is 11.3 Å². The topological polar surface area (TPSA) is 41.5 Å². The molecule has 4 heteroatoms. The number of unbranched alkanes of at least 4 members (excludes halogenated alkanes) is 5. The van der Waals surface area contributed by atoms with E-state index >= 15 is 0 Å². The molecule has 22 heavy (non-hydrogen) atoms. The Kier molecular flexibility index (Phi) is 9.80. The summed E-state index contributed by atoms with van der Waals surface area (Å²) < 4.78 is 0. The lowest BCUT2D eigenvalue weighted by Crippen LogP contribution is -2.39. The summed E-state index contributed by atoms with van der Waals surface area (Å²) in [6, 6.07) is 3.81. The van der Waals surface area contributed by atoms with Gasteiger partial charge in [-0.15, -0.1) is 11.3 Å². The predicted molar refractivity (Wildman–Crippen MR) is 97.2 cm³/mol. The molecule has 1 aromatic heterocycles. The zero-order valence-electron chi connectivity index (χ0n) is 14.2. The second-order valence-corrected chi connectivity index (χ2v) is 6.65. The maximum atomic E-state index is 12.1. The van der Waals surface area contributed by atoms with Crippen molar-refractivity contribution in [3.05, 3.63) is 22.4 Å². The third-order valence-electron chi connectivity index (χ3n) is 3.84. The molecule has 1 rings (SSSR count). The molecule has 1 N–H and O–H groups in total. The number of nitrogens with one attached hydrogen (secondary N) is 1. The number of nitrogens with zero attached hydrogens (tertiary/aromatic N) is 1. The van der Waals surface area contributed by atoms with Gasteiger partial charge in [0.05, 0.1) is 10.9 Å². The summed E-state index contributed by atoms with van der Waals surface area (Å²) in [5.74, 6) is 0.0102. The number of amides is 1. The molecule has 1 heterocycles. The minimum atomic E-state index is 0.0102. The highest BCUT2D eigenvalue weighted by Gasteiger charge is 2.15. The molecular formula is C18H30N2OS. The van der Waals surface area contributed by atoms with Crippen molar-refractivity contribution in [1.82, 2.24) is 5.32 Å². The number of carbonyl (C=O) groups excluding carboxylic acids is 1. The number of rotatable bonds is 11. The smallest absolute Gasteiger partial charge is 0.261 e. The van der Waals surface area contributed by atoms with E-state index in [2.05, 4.69) is 24.2 Å². The van der Waals surface area contributed by atoms with E-state index in [-0.39, 0.29) is 11.9 Å². The van der Waals surface area contributed by atoms with Crippen LogP contribution in [0.25, 0.3) is 0 Å². The van der Waals surface area contributed by atoms with Crippen molar-refractivity contribution in [2.24, 2.45) is 4.99 Å². The number of hydrogen-bond acceptors (Lipinski definition) is 3. The first-order chi connectivity index (χ1) is 10.7. The van der Waals surface area contributed by atoms with E-state index in [0.717, 1.165) is 30.0 Å². The molecule has 0 spiro atoms. The predicted octanol–water partition coefficient (Wildman–Crippen LogP) is 5.08. The van der Waals surface area contributed by atoms with Crippen LogP contribution in [-0.2, 0) is 0 Å². The first kappa shape index (κ1) is 18.9. The molecule has 0 radical (unpaired) electrons. The summed E-state index contributed by atoms with van der Waals surface area (Å²) in [6.45, 7) is 7.23. The van der Waals surface area contributed by atoms with Crippen molar-refractivity contribution in [3.8, 4) is 0 Å². The zero-order chi connectivity index (χ0) is 16.2. The van der Waals surface area contributed by atoms with E-state index in [1.54, 1.807) is 0 Å². The molecule has 0 bridgehead atoms. The van der Waals surface area contributed by atoms with Crippen LogP contribution in [0.5, 0.6) is 0 Å². The van der Waals surface area contributed by atoms with Crippen LogP contribution in [0.2, 0.25) is 0 Å². The minimum absolute atomic E-state index is 0.0102. The van der Waals surface area contributed by atoms with Gasteiger partial charge in [0.1, 0.15) is 0 Å². The fourth-order valence-electron chi connectivity index (χ4n) is 2.40.